The van der Waals surface area contributed by atoms with Gasteiger partial charge < -0.3 is 4.90 Å². The van der Waals surface area contributed by atoms with E-state index in [1.165, 1.54) is 0 Å². The molecule has 0 aliphatic carbocycles. The van der Waals surface area contributed by atoms with Crippen LogP contribution in [-0.4, -0.2) is 33.8 Å². The van der Waals surface area contributed by atoms with E-state index < -0.39 is 0 Å². The summed E-state index contributed by atoms with van der Waals surface area (Å²) in [7, 11) is 1.87. The van der Waals surface area contributed by atoms with Crippen LogP contribution in [0.3, 0.4) is 0 Å². The molecule has 0 N–H and O–H groups in total. The summed E-state index contributed by atoms with van der Waals surface area (Å²) in [5.74, 6) is 0.555. The van der Waals surface area contributed by atoms with Crippen LogP contribution >= 0.6 is 0 Å². The van der Waals surface area contributed by atoms with Gasteiger partial charge in [-0.2, -0.15) is 9.94 Å². The van der Waals surface area contributed by atoms with Gasteiger partial charge in [0.15, 0.2) is 0 Å². The van der Waals surface area contributed by atoms with Gasteiger partial charge in [-0.1, -0.05) is 23.3 Å². The summed E-state index contributed by atoms with van der Waals surface area (Å²) >= 11 is 0. The monoisotopic (exact) mass is 242 g/mol. The molecule has 0 saturated carbocycles. The Balaban J connectivity index is 2.26. The Hall–Kier alpha value is -2.42. The van der Waals surface area contributed by atoms with Gasteiger partial charge in [0, 0.05) is 13.6 Å². The molecular formula is C12H14N6. The molecule has 2 aromatic rings. The molecule has 18 heavy (non-hydrogen) atoms. The lowest BCUT2D eigenvalue weighted by Gasteiger charge is -2.18. The second-order valence-corrected chi connectivity index (χ2v) is 4.14. The summed E-state index contributed by atoms with van der Waals surface area (Å²) in [6.45, 7) is 2.46. The van der Waals surface area contributed by atoms with E-state index in [1.54, 1.807) is 4.68 Å². The van der Waals surface area contributed by atoms with E-state index in [2.05, 4.69) is 21.6 Å². The quantitative estimate of drug-likeness (QED) is 0.807. The molecule has 1 atom stereocenters. The zero-order valence-electron chi connectivity index (χ0n) is 10.4. The number of rotatable bonds is 4. The van der Waals surface area contributed by atoms with E-state index in [4.69, 9.17) is 5.26 Å². The van der Waals surface area contributed by atoms with Gasteiger partial charge in [-0.3, -0.25) is 0 Å². The standard InChI is InChI=1S/C12H14N6/c1-10(8-13)9-17(2)12-14-15-16-18(12)11-6-4-3-5-7-11/h3-7,10H,9H2,1-2H3. The predicted octanol–water partition coefficient (Wildman–Crippen LogP) is 1.26. The van der Waals surface area contributed by atoms with Gasteiger partial charge >= 0.3 is 0 Å². The third-order valence-corrected chi connectivity index (χ3v) is 2.56. The Morgan fingerprint density at radius 2 is 2.11 bits per heavy atom. The summed E-state index contributed by atoms with van der Waals surface area (Å²) in [5, 5.41) is 20.5. The average molecular weight is 242 g/mol. The highest BCUT2D eigenvalue weighted by atomic mass is 15.6. The van der Waals surface area contributed by atoms with Gasteiger partial charge in [-0.15, -0.1) is 0 Å². The van der Waals surface area contributed by atoms with Crippen molar-refractivity contribution in [1.29, 1.82) is 5.26 Å². The summed E-state index contributed by atoms with van der Waals surface area (Å²) in [4.78, 5) is 1.88. The van der Waals surface area contributed by atoms with Crippen molar-refractivity contribution in [2.24, 2.45) is 5.92 Å². The normalized spacial score (nSPS) is 11.8. The SMILES string of the molecule is CC(C#N)CN(C)c1nnnn1-c1ccccc1. The highest BCUT2D eigenvalue weighted by molar-refractivity contribution is 5.39. The van der Waals surface area contributed by atoms with Crippen molar-refractivity contribution in [2.75, 3.05) is 18.5 Å². The lowest BCUT2D eigenvalue weighted by molar-refractivity contribution is 0.690. The number of aromatic nitrogens is 4. The van der Waals surface area contributed by atoms with Crippen LogP contribution in [0.5, 0.6) is 0 Å². The fourth-order valence-corrected chi connectivity index (χ4v) is 1.69. The number of para-hydroxylation sites is 1. The van der Waals surface area contributed by atoms with E-state index in [0.29, 0.717) is 12.5 Å². The fraction of sp³-hybridized carbons (Fsp3) is 0.333. The average Bonchev–Trinajstić information content (AvgIpc) is 2.88. The molecule has 6 heteroatoms. The lowest BCUT2D eigenvalue weighted by atomic mass is 10.2. The number of hydrogen-bond acceptors (Lipinski definition) is 5. The van der Waals surface area contributed by atoms with E-state index in [1.807, 2.05) is 49.2 Å². The molecule has 6 nitrogen and oxygen atoms in total. The minimum Gasteiger partial charge on any atom is -0.341 e. The Morgan fingerprint density at radius 3 is 2.78 bits per heavy atom. The largest absolute Gasteiger partial charge is 0.341 e. The van der Waals surface area contributed by atoms with Gasteiger partial charge in [0.25, 0.3) is 0 Å². The molecule has 0 amide bonds. The first-order chi connectivity index (χ1) is 8.72. The van der Waals surface area contributed by atoms with E-state index in [9.17, 15) is 0 Å². The van der Waals surface area contributed by atoms with E-state index in [-0.39, 0.29) is 5.92 Å². The fourth-order valence-electron chi connectivity index (χ4n) is 1.69. The Labute approximate surface area is 105 Å². The smallest absolute Gasteiger partial charge is 0.250 e. The Kier molecular flexibility index (Phi) is 3.53. The second kappa shape index (κ2) is 5.27. The van der Waals surface area contributed by atoms with Crippen LogP contribution in [0.2, 0.25) is 0 Å². The van der Waals surface area contributed by atoms with Gasteiger partial charge in [-0.05, 0) is 29.5 Å². The molecule has 0 bridgehead atoms. The van der Waals surface area contributed by atoms with Crippen molar-refractivity contribution >= 4 is 5.95 Å². The molecule has 1 aromatic carbocycles. The zero-order valence-corrected chi connectivity index (χ0v) is 10.4. The molecule has 1 unspecified atom stereocenters. The van der Waals surface area contributed by atoms with Gasteiger partial charge in [-0.25, -0.2) is 0 Å². The van der Waals surface area contributed by atoms with Crippen LogP contribution in [0.4, 0.5) is 5.95 Å². The summed E-state index contributed by atoms with van der Waals surface area (Å²) in [6, 6.07) is 11.9. The molecule has 92 valence electrons. The van der Waals surface area contributed by atoms with Crippen molar-refractivity contribution in [3.05, 3.63) is 30.3 Å². The number of hydrogen-bond donors (Lipinski definition) is 0. The number of anilines is 1. The first kappa shape index (κ1) is 12.0. The number of nitrogens with zero attached hydrogens (tertiary/aromatic N) is 6. The van der Waals surface area contributed by atoms with Crippen LogP contribution in [0.1, 0.15) is 6.92 Å². The molecule has 2 rings (SSSR count). The van der Waals surface area contributed by atoms with Crippen molar-refractivity contribution in [2.45, 2.75) is 6.92 Å². The highest BCUT2D eigenvalue weighted by Gasteiger charge is 2.14. The van der Waals surface area contributed by atoms with Crippen molar-refractivity contribution < 1.29 is 0 Å². The first-order valence-corrected chi connectivity index (χ1v) is 5.67. The Bertz CT molecular complexity index is 541. The maximum atomic E-state index is 8.83. The highest BCUT2D eigenvalue weighted by Crippen LogP contribution is 2.14. The first-order valence-electron chi connectivity index (χ1n) is 5.67. The van der Waals surface area contributed by atoms with Crippen molar-refractivity contribution in [3.63, 3.8) is 0 Å². The molecule has 0 aliphatic rings. The van der Waals surface area contributed by atoms with Crippen molar-refractivity contribution in [3.8, 4) is 11.8 Å². The molecule has 0 spiro atoms. The van der Waals surface area contributed by atoms with Crippen LogP contribution in [-0.2, 0) is 0 Å². The molecular weight excluding hydrogens is 228 g/mol. The summed E-state index contributed by atoms with van der Waals surface area (Å²) in [6.07, 6.45) is 0. The van der Waals surface area contributed by atoms with Gasteiger partial charge in [0.2, 0.25) is 5.95 Å². The summed E-state index contributed by atoms with van der Waals surface area (Å²) < 4.78 is 1.66. The van der Waals surface area contributed by atoms with Crippen LogP contribution in [0.25, 0.3) is 5.69 Å². The molecule has 0 saturated heterocycles. The number of tetrazole rings is 1. The molecule has 0 aliphatic heterocycles. The molecule has 1 aromatic heterocycles. The van der Waals surface area contributed by atoms with Gasteiger partial charge in [0.05, 0.1) is 17.7 Å². The molecule has 0 radical (unpaired) electrons. The maximum absolute atomic E-state index is 8.83. The molecule has 0 fully saturated rings. The molecule has 1 heterocycles. The van der Waals surface area contributed by atoms with E-state index in [0.717, 1.165) is 5.69 Å². The van der Waals surface area contributed by atoms with Crippen LogP contribution in [0.15, 0.2) is 30.3 Å². The van der Waals surface area contributed by atoms with Crippen LogP contribution < -0.4 is 4.90 Å². The Morgan fingerprint density at radius 1 is 1.39 bits per heavy atom. The number of nitriles is 1. The predicted molar refractivity (Wildman–Crippen MR) is 67.2 cm³/mol. The van der Waals surface area contributed by atoms with E-state index >= 15 is 0 Å². The van der Waals surface area contributed by atoms with Gasteiger partial charge in [0.1, 0.15) is 0 Å². The maximum Gasteiger partial charge on any atom is 0.250 e. The minimum atomic E-state index is -0.0732. The third-order valence-electron chi connectivity index (χ3n) is 2.56. The third kappa shape index (κ3) is 2.46. The number of benzene rings is 1. The van der Waals surface area contributed by atoms with Crippen molar-refractivity contribution in [1.82, 2.24) is 20.2 Å². The summed E-state index contributed by atoms with van der Waals surface area (Å²) in [5.41, 5.74) is 0.897. The lowest BCUT2D eigenvalue weighted by Crippen LogP contribution is -2.26. The van der Waals surface area contributed by atoms with Crippen LogP contribution in [0, 0.1) is 17.2 Å². The second-order valence-electron chi connectivity index (χ2n) is 4.14. The minimum absolute atomic E-state index is 0.0732. The topological polar surface area (TPSA) is 70.6 Å². The zero-order chi connectivity index (χ0) is 13.0.